The van der Waals surface area contributed by atoms with Gasteiger partial charge in [0.1, 0.15) is 18.6 Å². The first-order valence-electron chi connectivity index (χ1n) is 3.13. The van der Waals surface area contributed by atoms with Gasteiger partial charge in [0.15, 0.2) is 0 Å². The SMILES string of the molecule is COC(=O)Cc1nncn1C. The highest BCUT2D eigenvalue weighted by Crippen LogP contribution is 1.93. The second kappa shape index (κ2) is 3.14. The fourth-order valence-electron chi connectivity index (χ4n) is 0.668. The average molecular weight is 155 g/mol. The van der Waals surface area contributed by atoms with E-state index in [0.29, 0.717) is 5.82 Å². The van der Waals surface area contributed by atoms with E-state index in [9.17, 15) is 4.79 Å². The summed E-state index contributed by atoms with van der Waals surface area (Å²) in [7, 11) is 3.12. The third-order valence-electron chi connectivity index (χ3n) is 1.34. The van der Waals surface area contributed by atoms with Crippen molar-refractivity contribution in [1.29, 1.82) is 0 Å². The minimum Gasteiger partial charge on any atom is -0.469 e. The first kappa shape index (κ1) is 7.71. The zero-order valence-corrected chi connectivity index (χ0v) is 6.44. The van der Waals surface area contributed by atoms with Crippen molar-refractivity contribution in [2.75, 3.05) is 7.11 Å². The maximum Gasteiger partial charge on any atom is 0.313 e. The lowest BCUT2D eigenvalue weighted by atomic mass is 10.4. The molecule has 0 aliphatic carbocycles. The van der Waals surface area contributed by atoms with Crippen molar-refractivity contribution in [2.45, 2.75) is 6.42 Å². The molecule has 1 heterocycles. The van der Waals surface area contributed by atoms with E-state index < -0.39 is 0 Å². The van der Waals surface area contributed by atoms with E-state index in [0.717, 1.165) is 0 Å². The van der Waals surface area contributed by atoms with Crippen molar-refractivity contribution in [3.8, 4) is 0 Å². The first-order chi connectivity index (χ1) is 5.24. The van der Waals surface area contributed by atoms with Crippen molar-refractivity contribution >= 4 is 5.97 Å². The van der Waals surface area contributed by atoms with Crippen LogP contribution in [0.2, 0.25) is 0 Å². The average Bonchev–Trinajstić information content (AvgIpc) is 2.37. The highest BCUT2D eigenvalue weighted by Gasteiger charge is 2.06. The fourth-order valence-corrected chi connectivity index (χ4v) is 0.668. The van der Waals surface area contributed by atoms with Crippen LogP contribution in [0.3, 0.4) is 0 Å². The molecule has 0 fully saturated rings. The molecule has 0 aromatic carbocycles. The Bertz CT molecular complexity index is 256. The molecule has 0 spiro atoms. The van der Waals surface area contributed by atoms with Gasteiger partial charge in [-0.1, -0.05) is 0 Å². The van der Waals surface area contributed by atoms with Gasteiger partial charge in [-0.3, -0.25) is 4.79 Å². The van der Waals surface area contributed by atoms with Gasteiger partial charge in [-0.2, -0.15) is 0 Å². The van der Waals surface area contributed by atoms with Gasteiger partial charge >= 0.3 is 5.97 Å². The number of rotatable bonds is 2. The van der Waals surface area contributed by atoms with Crippen LogP contribution in [0, 0.1) is 0 Å². The summed E-state index contributed by atoms with van der Waals surface area (Å²) >= 11 is 0. The number of ether oxygens (including phenoxy) is 1. The number of hydrogen-bond acceptors (Lipinski definition) is 4. The molecule has 1 aromatic heterocycles. The third-order valence-corrected chi connectivity index (χ3v) is 1.34. The van der Waals surface area contributed by atoms with Gasteiger partial charge in [0.05, 0.1) is 7.11 Å². The standard InChI is InChI=1S/C6H9N3O2/c1-9-4-7-8-5(9)3-6(10)11-2/h4H,3H2,1-2H3. The zero-order valence-electron chi connectivity index (χ0n) is 6.44. The molecule has 0 radical (unpaired) electrons. The number of esters is 1. The minimum absolute atomic E-state index is 0.174. The lowest BCUT2D eigenvalue weighted by Gasteiger charge is -1.97. The van der Waals surface area contributed by atoms with Crippen LogP contribution in [0.5, 0.6) is 0 Å². The summed E-state index contributed by atoms with van der Waals surface area (Å²) in [6.07, 6.45) is 1.71. The Morgan fingerprint density at radius 1 is 1.82 bits per heavy atom. The Morgan fingerprint density at radius 2 is 2.55 bits per heavy atom. The van der Waals surface area contributed by atoms with Crippen LogP contribution in [0.15, 0.2) is 6.33 Å². The Balaban J connectivity index is 2.64. The van der Waals surface area contributed by atoms with E-state index in [-0.39, 0.29) is 12.4 Å². The molecule has 0 aliphatic rings. The van der Waals surface area contributed by atoms with Gasteiger partial charge < -0.3 is 9.30 Å². The Labute approximate surface area is 64.0 Å². The van der Waals surface area contributed by atoms with Crippen molar-refractivity contribution < 1.29 is 9.53 Å². The fraction of sp³-hybridized carbons (Fsp3) is 0.500. The van der Waals surface area contributed by atoms with E-state index in [1.165, 1.54) is 13.4 Å². The molecule has 0 amide bonds. The van der Waals surface area contributed by atoms with Crippen LogP contribution in [-0.2, 0) is 23.0 Å². The highest BCUT2D eigenvalue weighted by molar-refractivity contribution is 5.71. The van der Waals surface area contributed by atoms with Crippen molar-refractivity contribution in [3.63, 3.8) is 0 Å². The van der Waals surface area contributed by atoms with Crippen LogP contribution < -0.4 is 0 Å². The molecule has 0 saturated heterocycles. The molecule has 0 unspecified atom stereocenters. The third kappa shape index (κ3) is 1.76. The highest BCUT2D eigenvalue weighted by atomic mass is 16.5. The largest absolute Gasteiger partial charge is 0.469 e. The van der Waals surface area contributed by atoms with Crippen LogP contribution >= 0.6 is 0 Å². The number of methoxy groups -OCH3 is 1. The molecule has 0 N–H and O–H groups in total. The van der Waals surface area contributed by atoms with Crippen LogP contribution in [0.1, 0.15) is 5.82 Å². The quantitative estimate of drug-likeness (QED) is 0.542. The van der Waals surface area contributed by atoms with Crippen molar-refractivity contribution in [2.24, 2.45) is 7.05 Å². The monoisotopic (exact) mass is 155 g/mol. The van der Waals surface area contributed by atoms with Crippen LogP contribution in [-0.4, -0.2) is 27.8 Å². The number of hydrogen-bond donors (Lipinski definition) is 0. The van der Waals surface area contributed by atoms with Crippen LogP contribution in [0.4, 0.5) is 0 Å². The molecule has 1 rings (SSSR count). The lowest BCUT2D eigenvalue weighted by molar-refractivity contribution is -0.139. The number of nitrogens with zero attached hydrogens (tertiary/aromatic N) is 3. The van der Waals surface area contributed by atoms with E-state index in [1.54, 1.807) is 11.6 Å². The molecule has 5 heteroatoms. The normalized spacial score (nSPS) is 9.64. The second-order valence-electron chi connectivity index (χ2n) is 2.11. The van der Waals surface area contributed by atoms with Gasteiger partial charge in [0, 0.05) is 7.05 Å². The van der Waals surface area contributed by atoms with Crippen LogP contribution in [0.25, 0.3) is 0 Å². The maximum absolute atomic E-state index is 10.7. The molecule has 0 atom stereocenters. The molecular weight excluding hydrogens is 146 g/mol. The summed E-state index contributed by atoms with van der Waals surface area (Å²) in [5.74, 6) is 0.304. The number of carbonyl (C=O) groups is 1. The molecule has 0 saturated carbocycles. The molecule has 0 aliphatic heterocycles. The first-order valence-corrected chi connectivity index (χ1v) is 3.13. The van der Waals surface area contributed by atoms with Gasteiger partial charge in [-0.25, -0.2) is 0 Å². The van der Waals surface area contributed by atoms with Crippen molar-refractivity contribution in [3.05, 3.63) is 12.2 Å². The Morgan fingerprint density at radius 3 is 3.00 bits per heavy atom. The van der Waals surface area contributed by atoms with Gasteiger partial charge in [0.25, 0.3) is 0 Å². The summed E-state index contributed by atoms with van der Waals surface area (Å²) in [4.78, 5) is 10.7. The molecule has 60 valence electrons. The van der Waals surface area contributed by atoms with Gasteiger partial charge in [0.2, 0.25) is 0 Å². The summed E-state index contributed by atoms with van der Waals surface area (Å²) in [6, 6.07) is 0. The summed E-state index contributed by atoms with van der Waals surface area (Å²) < 4.78 is 6.14. The molecular formula is C6H9N3O2. The van der Waals surface area contributed by atoms with E-state index >= 15 is 0 Å². The number of carbonyl (C=O) groups excluding carboxylic acids is 1. The van der Waals surface area contributed by atoms with E-state index in [2.05, 4.69) is 14.9 Å². The van der Waals surface area contributed by atoms with Crippen molar-refractivity contribution in [1.82, 2.24) is 14.8 Å². The predicted molar refractivity (Wildman–Crippen MR) is 36.7 cm³/mol. The summed E-state index contributed by atoms with van der Waals surface area (Å²) in [5.41, 5.74) is 0. The molecule has 11 heavy (non-hydrogen) atoms. The number of aromatic nitrogens is 3. The van der Waals surface area contributed by atoms with E-state index in [1.807, 2.05) is 0 Å². The lowest BCUT2D eigenvalue weighted by Crippen LogP contribution is -2.08. The summed E-state index contributed by atoms with van der Waals surface area (Å²) in [5, 5.41) is 7.33. The molecule has 0 bridgehead atoms. The maximum atomic E-state index is 10.7. The topological polar surface area (TPSA) is 57.0 Å². The van der Waals surface area contributed by atoms with Gasteiger partial charge in [-0.05, 0) is 0 Å². The summed E-state index contributed by atoms with van der Waals surface area (Å²) in [6.45, 7) is 0. The van der Waals surface area contributed by atoms with E-state index in [4.69, 9.17) is 0 Å². The van der Waals surface area contributed by atoms with Gasteiger partial charge in [-0.15, -0.1) is 10.2 Å². The zero-order chi connectivity index (χ0) is 8.27. The minimum atomic E-state index is -0.305. The Kier molecular flexibility index (Phi) is 2.20. The second-order valence-corrected chi connectivity index (χ2v) is 2.11. The molecule has 1 aromatic rings. The predicted octanol–water partition coefficient (Wildman–Crippen LogP) is -0.469. The number of aryl methyl sites for hydroxylation is 1. The molecule has 5 nitrogen and oxygen atoms in total. The Hall–Kier alpha value is -1.39. The smallest absolute Gasteiger partial charge is 0.313 e.